The zero-order chi connectivity index (χ0) is 18.1. The van der Waals surface area contributed by atoms with Crippen molar-refractivity contribution in [3.05, 3.63) is 60.7 Å². The highest BCUT2D eigenvalue weighted by atomic mass is 28.5. The molecule has 0 spiro atoms. The van der Waals surface area contributed by atoms with Crippen LogP contribution in [0.25, 0.3) is 0 Å². The second kappa shape index (κ2) is 10.2. The van der Waals surface area contributed by atoms with E-state index in [1.165, 1.54) is 0 Å². The van der Waals surface area contributed by atoms with Gasteiger partial charge in [-0.15, -0.1) is 0 Å². The lowest BCUT2D eigenvalue weighted by molar-refractivity contribution is 0.246. The zero-order valence-electron chi connectivity index (χ0n) is 15.5. The minimum atomic E-state index is -2.87. The Labute approximate surface area is 155 Å². The molecule has 0 radical (unpaired) electrons. The summed E-state index contributed by atoms with van der Waals surface area (Å²) in [5, 5.41) is 2.19. The van der Waals surface area contributed by atoms with Crippen LogP contribution in [0.3, 0.4) is 0 Å². The van der Waals surface area contributed by atoms with E-state index in [1.54, 1.807) is 0 Å². The molecule has 0 amide bonds. The summed E-state index contributed by atoms with van der Waals surface area (Å²) in [6.45, 7) is 9.43. The molecule has 7 heteroatoms. The molecule has 0 heterocycles. The highest BCUT2D eigenvalue weighted by Gasteiger charge is 2.45. The molecule has 25 heavy (non-hydrogen) atoms. The third kappa shape index (κ3) is 5.45. The summed E-state index contributed by atoms with van der Waals surface area (Å²) in [6, 6.07) is 20.6. The van der Waals surface area contributed by atoms with Crippen molar-refractivity contribution >= 4 is 37.5 Å². The first kappa shape index (κ1) is 20.2. The number of hydrogen-bond acceptors (Lipinski definition) is 4. The van der Waals surface area contributed by atoms with Gasteiger partial charge < -0.3 is 17.1 Å². The first-order chi connectivity index (χ1) is 12.1. The first-order valence-corrected chi connectivity index (χ1v) is 14.8. The molecule has 0 aliphatic rings. The Morgan fingerprint density at radius 3 is 1.36 bits per heavy atom. The van der Waals surface area contributed by atoms with Crippen LogP contribution in [-0.4, -0.2) is 40.3 Å². The highest BCUT2D eigenvalue weighted by molar-refractivity contribution is 6.98. The van der Waals surface area contributed by atoms with Crippen LogP contribution in [0.15, 0.2) is 60.7 Å². The fraction of sp³-hybridized carbons (Fsp3) is 0.333. The van der Waals surface area contributed by atoms with Crippen molar-refractivity contribution in [3.63, 3.8) is 0 Å². The summed E-state index contributed by atoms with van der Waals surface area (Å²) in [4.78, 5) is 0. The predicted octanol–water partition coefficient (Wildman–Crippen LogP) is 2.05. The molecule has 0 aliphatic heterocycles. The van der Waals surface area contributed by atoms with Crippen molar-refractivity contribution in [1.29, 1.82) is 0 Å². The minimum absolute atomic E-state index is 0.653. The van der Waals surface area contributed by atoms with E-state index in [0.29, 0.717) is 13.2 Å². The predicted molar refractivity (Wildman–Crippen MR) is 109 cm³/mol. The lowest BCUT2D eigenvalue weighted by Gasteiger charge is -2.36. The smallest absolute Gasteiger partial charge is 0.389 e. The minimum Gasteiger partial charge on any atom is -0.411 e. The van der Waals surface area contributed by atoms with Gasteiger partial charge in [-0.2, -0.15) is 0 Å². The van der Waals surface area contributed by atoms with Crippen LogP contribution in [0.1, 0.15) is 13.8 Å². The van der Waals surface area contributed by atoms with E-state index in [2.05, 4.69) is 37.4 Å². The van der Waals surface area contributed by atoms with Gasteiger partial charge in [0.1, 0.15) is 0 Å². The van der Waals surface area contributed by atoms with Gasteiger partial charge in [-0.3, -0.25) is 0 Å². The van der Waals surface area contributed by atoms with Gasteiger partial charge in [-0.1, -0.05) is 60.7 Å². The van der Waals surface area contributed by atoms with Crippen LogP contribution in [0.5, 0.6) is 0 Å². The summed E-state index contributed by atoms with van der Waals surface area (Å²) < 4.78 is 25.0. The topological polar surface area (TPSA) is 36.9 Å². The standard InChI is InChI=1S/C18H28O4Si3/c1-5-19-23(3)21-25(22-24(4)20-6-2,17-13-9-7-10-14-17)18-15-11-8-12-16-18/h7-16,23-24H,5-6H2,1-4H3. The molecule has 0 bridgehead atoms. The average Bonchev–Trinajstić information content (AvgIpc) is 2.63. The summed E-state index contributed by atoms with van der Waals surface area (Å²) in [6.07, 6.45) is 0. The van der Waals surface area contributed by atoms with E-state index in [4.69, 9.17) is 17.1 Å². The maximum atomic E-state index is 6.66. The van der Waals surface area contributed by atoms with Gasteiger partial charge in [0.05, 0.1) is 0 Å². The van der Waals surface area contributed by atoms with E-state index in [9.17, 15) is 0 Å². The Morgan fingerprint density at radius 1 is 0.680 bits per heavy atom. The molecule has 0 saturated carbocycles. The van der Waals surface area contributed by atoms with E-state index < -0.39 is 27.1 Å². The largest absolute Gasteiger partial charge is 0.411 e. The molecule has 4 nitrogen and oxygen atoms in total. The van der Waals surface area contributed by atoms with Crippen LogP contribution in [0.2, 0.25) is 13.1 Å². The second-order valence-electron chi connectivity index (χ2n) is 5.63. The van der Waals surface area contributed by atoms with Crippen molar-refractivity contribution in [1.82, 2.24) is 0 Å². The lowest BCUT2D eigenvalue weighted by atomic mass is 10.4. The van der Waals surface area contributed by atoms with Gasteiger partial charge in [0, 0.05) is 13.2 Å². The van der Waals surface area contributed by atoms with Crippen LogP contribution in [0.4, 0.5) is 0 Å². The molecular weight excluding hydrogens is 364 g/mol. The van der Waals surface area contributed by atoms with Gasteiger partial charge in [-0.05, 0) is 37.3 Å². The van der Waals surface area contributed by atoms with Crippen molar-refractivity contribution in [3.8, 4) is 0 Å². The SMILES string of the molecule is CCO[SiH](C)O[Si](O[SiH](C)OCC)(c1ccccc1)c1ccccc1. The second-order valence-corrected chi connectivity index (χ2v) is 12.8. The van der Waals surface area contributed by atoms with Crippen molar-refractivity contribution in [2.24, 2.45) is 0 Å². The Bertz CT molecular complexity index is 557. The van der Waals surface area contributed by atoms with E-state index in [0.717, 1.165) is 10.4 Å². The monoisotopic (exact) mass is 392 g/mol. The molecule has 0 N–H and O–H groups in total. The maximum absolute atomic E-state index is 6.66. The molecule has 0 aromatic heterocycles. The van der Waals surface area contributed by atoms with Crippen molar-refractivity contribution in [2.45, 2.75) is 26.9 Å². The van der Waals surface area contributed by atoms with Crippen LogP contribution >= 0.6 is 0 Å². The van der Waals surface area contributed by atoms with E-state index in [1.807, 2.05) is 50.2 Å². The van der Waals surface area contributed by atoms with Gasteiger partial charge in [0.15, 0.2) is 0 Å². The number of rotatable bonds is 10. The molecule has 0 aliphatic carbocycles. The average molecular weight is 393 g/mol. The number of hydrogen-bond donors (Lipinski definition) is 0. The van der Waals surface area contributed by atoms with E-state index >= 15 is 0 Å². The molecule has 2 aromatic carbocycles. The molecule has 0 fully saturated rings. The first-order valence-electron chi connectivity index (χ1n) is 8.82. The fourth-order valence-corrected chi connectivity index (χ4v) is 12.5. The quantitative estimate of drug-likeness (QED) is 0.580. The maximum Gasteiger partial charge on any atom is 0.389 e. The Hall–Kier alpha value is -1.07. The highest BCUT2D eigenvalue weighted by Crippen LogP contribution is 2.14. The molecule has 2 rings (SSSR count). The molecule has 2 atom stereocenters. The third-order valence-electron chi connectivity index (χ3n) is 3.77. The number of benzene rings is 2. The van der Waals surface area contributed by atoms with Gasteiger partial charge in [-0.25, -0.2) is 0 Å². The van der Waals surface area contributed by atoms with Crippen molar-refractivity contribution < 1.29 is 17.1 Å². The molecule has 136 valence electrons. The van der Waals surface area contributed by atoms with Crippen LogP contribution in [-0.2, 0) is 17.1 Å². The van der Waals surface area contributed by atoms with Gasteiger partial charge in [0.25, 0.3) is 0 Å². The summed E-state index contributed by atoms with van der Waals surface area (Å²) in [5.41, 5.74) is 0. The molecule has 2 unspecified atom stereocenters. The van der Waals surface area contributed by atoms with Crippen LogP contribution in [0, 0.1) is 0 Å². The summed E-state index contributed by atoms with van der Waals surface area (Å²) >= 11 is 0. The normalized spacial score (nSPS) is 14.2. The fourth-order valence-electron chi connectivity index (χ4n) is 2.79. The molecule has 0 saturated heterocycles. The summed E-state index contributed by atoms with van der Waals surface area (Å²) in [7, 11) is -6.56. The molecule has 2 aromatic rings. The Morgan fingerprint density at radius 2 is 1.04 bits per heavy atom. The van der Waals surface area contributed by atoms with Gasteiger partial charge in [0.2, 0.25) is 0 Å². The van der Waals surface area contributed by atoms with Crippen molar-refractivity contribution in [2.75, 3.05) is 13.2 Å². The molecular formula is C18H28O4Si3. The zero-order valence-corrected chi connectivity index (χ0v) is 18.8. The van der Waals surface area contributed by atoms with Gasteiger partial charge >= 0.3 is 27.1 Å². The Balaban J connectivity index is 2.51. The third-order valence-corrected chi connectivity index (χ3v) is 12.9. The Kier molecular flexibility index (Phi) is 8.24. The summed E-state index contributed by atoms with van der Waals surface area (Å²) in [5.74, 6) is 0. The van der Waals surface area contributed by atoms with Crippen LogP contribution < -0.4 is 10.4 Å². The lowest BCUT2D eigenvalue weighted by Crippen LogP contribution is -2.67. The van der Waals surface area contributed by atoms with E-state index in [-0.39, 0.29) is 0 Å².